The van der Waals surface area contributed by atoms with E-state index in [0.29, 0.717) is 6.54 Å². The van der Waals surface area contributed by atoms with Gasteiger partial charge in [0.15, 0.2) is 0 Å². The van der Waals surface area contributed by atoms with Crippen LogP contribution in [0.5, 0.6) is 0 Å². The predicted molar refractivity (Wildman–Crippen MR) is 93.3 cm³/mol. The first kappa shape index (κ1) is 19.7. The Morgan fingerprint density at radius 2 is 1.79 bits per heavy atom. The molecule has 4 nitrogen and oxygen atoms in total. The summed E-state index contributed by atoms with van der Waals surface area (Å²) in [5.41, 5.74) is -3.23. The Balaban J connectivity index is 2.27. The summed E-state index contributed by atoms with van der Waals surface area (Å²) in [7, 11) is -4.60. The molecule has 0 fully saturated rings. The first-order chi connectivity index (χ1) is 11.3. The lowest BCUT2D eigenvalue weighted by Crippen LogP contribution is -2.21. The van der Waals surface area contributed by atoms with Crippen molar-refractivity contribution in [2.75, 3.05) is 26.3 Å². The molecule has 0 aliphatic carbocycles. The van der Waals surface area contributed by atoms with Gasteiger partial charge in [0.05, 0.1) is 13.2 Å². The van der Waals surface area contributed by atoms with Crippen molar-refractivity contribution < 1.29 is 22.4 Å². The fraction of sp³-hybridized carbons (Fsp3) is 0.500. The van der Waals surface area contributed by atoms with Crippen LogP contribution in [-0.4, -0.2) is 31.2 Å². The van der Waals surface area contributed by atoms with Crippen molar-refractivity contribution in [2.24, 2.45) is 0 Å². The highest BCUT2D eigenvalue weighted by atomic mass is 79.9. The summed E-state index contributed by atoms with van der Waals surface area (Å²) in [6.45, 7) is 5.12. The summed E-state index contributed by atoms with van der Waals surface area (Å²) >= 11 is 3.18. The van der Waals surface area contributed by atoms with E-state index < -0.39 is 18.8 Å². The summed E-state index contributed by atoms with van der Waals surface area (Å²) in [5, 5.41) is 0. The normalized spacial score (nSPS) is 16.0. The van der Waals surface area contributed by atoms with Crippen LogP contribution in [0.4, 0.5) is 8.78 Å². The second-order valence-electron chi connectivity index (χ2n) is 5.35. The molecule has 1 aromatic carbocycles. The summed E-state index contributed by atoms with van der Waals surface area (Å²) in [5.74, 6) is 0. The van der Waals surface area contributed by atoms with Crippen LogP contribution in [0.1, 0.15) is 25.0 Å². The van der Waals surface area contributed by atoms with Gasteiger partial charge >= 0.3 is 13.3 Å². The lowest BCUT2D eigenvalue weighted by molar-refractivity contribution is 0.0354. The third-order valence-corrected chi connectivity index (χ3v) is 6.38. The minimum atomic E-state index is -4.60. The van der Waals surface area contributed by atoms with Crippen molar-refractivity contribution >= 4 is 23.5 Å². The molecular weight excluding hydrogens is 403 g/mol. The van der Waals surface area contributed by atoms with Gasteiger partial charge in [-0.15, -0.1) is 0 Å². The summed E-state index contributed by atoms with van der Waals surface area (Å²) < 4.78 is 52.0. The molecule has 0 unspecified atom stereocenters. The minimum absolute atomic E-state index is 0.121. The quantitative estimate of drug-likeness (QED) is 0.428. The maximum Gasteiger partial charge on any atom is 0.404 e. The largest absolute Gasteiger partial charge is 0.404 e. The number of hydrogen-bond donors (Lipinski definition) is 0. The number of nitrogens with zero attached hydrogens (tertiary/aromatic N) is 1. The number of halogens is 3. The zero-order valence-corrected chi connectivity index (χ0v) is 16.2. The maximum atomic E-state index is 14.8. The van der Waals surface area contributed by atoms with E-state index in [1.165, 1.54) is 19.9 Å². The zero-order chi connectivity index (χ0) is 17.8. The van der Waals surface area contributed by atoms with Gasteiger partial charge in [-0.05, 0) is 25.5 Å². The van der Waals surface area contributed by atoms with Gasteiger partial charge in [0.1, 0.15) is 0 Å². The average Bonchev–Trinajstić information content (AvgIpc) is 3.00. The lowest BCUT2D eigenvalue weighted by atomic mass is 10.1. The monoisotopic (exact) mass is 423 g/mol. The molecule has 0 saturated carbocycles. The molecular formula is C16H21BrF2NO3P. The molecule has 24 heavy (non-hydrogen) atoms. The minimum Gasteiger partial charge on any atom is -0.304 e. The van der Waals surface area contributed by atoms with Crippen molar-refractivity contribution in [3.63, 3.8) is 0 Å². The molecule has 0 aromatic heterocycles. The molecule has 0 spiro atoms. The first-order valence-corrected chi connectivity index (χ1v) is 10.1. The number of hydrogen-bond acceptors (Lipinski definition) is 4. The van der Waals surface area contributed by atoms with Gasteiger partial charge in [0.2, 0.25) is 0 Å². The van der Waals surface area contributed by atoms with Crippen molar-refractivity contribution in [2.45, 2.75) is 26.1 Å². The Morgan fingerprint density at radius 1 is 1.21 bits per heavy atom. The number of rotatable bonds is 8. The van der Waals surface area contributed by atoms with Crippen molar-refractivity contribution in [1.82, 2.24) is 4.90 Å². The fourth-order valence-corrected chi connectivity index (χ4v) is 4.89. The van der Waals surface area contributed by atoms with Crippen LogP contribution >= 0.6 is 23.5 Å². The predicted octanol–water partition coefficient (Wildman–Crippen LogP) is 5.14. The SMILES string of the molecule is CCOP(=O)(OCC)C(F)(F)c1ccc(CN2CC=CC2)cc1Br. The van der Waals surface area contributed by atoms with Crippen LogP contribution in [0.15, 0.2) is 34.8 Å². The van der Waals surface area contributed by atoms with Crippen LogP contribution in [-0.2, 0) is 25.8 Å². The molecule has 1 aliphatic heterocycles. The van der Waals surface area contributed by atoms with Gasteiger partial charge in [0, 0.05) is 29.7 Å². The van der Waals surface area contributed by atoms with E-state index in [4.69, 9.17) is 9.05 Å². The molecule has 1 heterocycles. The first-order valence-electron chi connectivity index (χ1n) is 7.77. The molecule has 0 saturated heterocycles. The van der Waals surface area contributed by atoms with E-state index in [9.17, 15) is 13.3 Å². The molecule has 134 valence electrons. The molecule has 0 N–H and O–H groups in total. The van der Waals surface area contributed by atoms with E-state index in [1.54, 1.807) is 12.1 Å². The Kier molecular flexibility index (Phi) is 6.74. The van der Waals surface area contributed by atoms with Crippen LogP contribution in [0.25, 0.3) is 0 Å². The lowest BCUT2D eigenvalue weighted by Gasteiger charge is -2.27. The topological polar surface area (TPSA) is 38.8 Å². The van der Waals surface area contributed by atoms with Crippen molar-refractivity contribution in [1.29, 1.82) is 0 Å². The highest BCUT2D eigenvalue weighted by molar-refractivity contribution is 9.10. The molecule has 2 rings (SSSR count). The summed E-state index contributed by atoms with van der Waals surface area (Å²) in [6.07, 6.45) is 4.13. The number of alkyl halides is 2. The highest BCUT2D eigenvalue weighted by Crippen LogP contribution is 2.67. The van der Waals surface area contributed by atoms with Crippen LogP contribution in [0.3, 0.4) is 0 Å². The standard InChI is InChI=1S/C16H21BrF2NO3P/c1-3-22-24(21,23-4-2)16(18,19)14-8-7-13(11-15(14)17)12-20-9-5-6-10-20/h5-8,11H,3-4,9-10,12H2,1-2H3. The van der Waals surface area contributed by atoms with E-state index >= 15 is 0 Å². The molecule has 0 amide bonds. The van der Waals surface area contributed by atoms with Crippen LogP contribution in [0.2, 0.25) is 0 Å². The molecule has 0 radical (unpaired) electrons. The van der Waals surface area contributed by atoms with E-state index in [1.807, 2.05) is 0 Å². The molecule has 0 atom stereocenters. The molecule has 0 bridgehead atoms. The van der Waals surface area contributed by atoms with Crippen molar-refractivity contribution in [3.8, 4) is 0 Å². The van der Waals surface area contributed by atoms with Gasteiger partial charge in [-0.2, -0.15) is 8.78 Å². The summed E-state index contributed by atoms with van der Waals surface area (Å²) in [4.78, 5) is 2.17. The van der Waals surface area contributed by atoms with Gasteiger partial charge in [-0.1, -0.05) is 40.2 Å². The van der Waals surface area contributed by atoms with Gasteiger partial charge in [0.25, 0.3) is 0 Å². The molecule has 1 aromatic rings. The second-order valence-corrected chi connectivity index (χ2v) is 8.28. The highest BCUT2D eigenvalue weighted by Gasteiger charge is 2.55. The van der Waals surface area contributed by atoms with Gasteiger partial charge in [-0.3, -0.25) is 9.46 Å². The Morgan fingerprint density at radius 3 is 2.29 bits per heavy atom. The Hall–Kier alpha value is -0.590. The average molecular weight is 424 g/mol. The Labute approximate surface area is 149 Å². The van der Waals surface area contributed by atoms with Crippen LogP contribution in [0, 0.1) is 0 Å². The van der Waals surface area contributed by atoms with E-state index in [0.717, 1.165) is 18.7 Å². The van der Waals surface area contributed by atoms with Gasteiger partial charge < -0.3 is 9.05 Å². The zero-order valence-electron chi connectivity index (χ0n) is 13.7. The van der Waals surface area contributed by atoms with Gasteiger partial charge in [-0.25, -0.2) is 0 Å². The summed E-state index contributed by atoms with van der Waals surface area (Å²) in [6, 6.07) is 4.53. The molecule has 8 heteroatoms. The third-order valence-electron chi connectivity index (χ3n) is 3.60. The van der Waals surface area contributed by atoms with Crippen molar-refractivity contribution in [3.05, 3.63) is 46.0 Å². The van der Waals surface area contributed by atoms with E-state index in [-0.39, 0.29) is 17.7 Å². The van der Waals surface area contributed by atoms with Crippen LogP contribution < -0.4 is 0 Å². The third kappa shape index (κ3) is 4.14. The molecule has 1 aliphatic rings. The fourth-order valence-electron chi connectivity index (χ4n) is 2.50. The second kappa shape index (κ2) is 8.19. The number of benzene rings is 1. The Bertz CT molecular complexity index is 636. The maximum absolute atomic E-state index is 14.8. The smallest absolute Gasteiger partial charge is 0.304 e. The van der Waals surface area contributed by atoms with E-state index in [2.05, 4.69) is 33.0 Å².